The fourth-order valence-corrected chi connectivity index (χ4v) is 4.43. The van der Waals surface area contributed by atoms with Gasteiger partial charge in [0, 0.05) is 57.5 Å². The molecule has 0 spiro atoms. The fraction of sp³-hybridized carbons (Fsp3) is 0.538. The predicted octanol–water partition coefficient (Wildman–Crippen LogP) is 5.54. The summed E-state index contributed by atoms with van der Waals surface area (Å²) in [6, 6.07) is 4.14. The summed E-state index contributed by atoms with van der Waals surface area (Å²) in [5, 5.41) is 2.77. The highest BCUT2D eigenvalue weighted by Crippen LogP contribution is 2.39. The second kappa shape index (κ2) is 14.1. The highest BCUT2D eigenvalue weighted by Gasteiger charge is 2.41. The first-order valence-corrected chi connectivity index (χ1v) is 12.4. The Labute approximate surface area is 228 Å². The number of methoxy groups -OCH3 is 2. The molecule has 226 valence electrons. The summed E-state index contributed by atoms with van der Waals surface area (Å²) in [6.45, 7) is -0.0204. The maximum atomic E-state index is 13.7. The average molecular weight is 587 g/mol. The molecule has 2 heterocycles. The molecule has 0 radical (unpaired) electrons. The second-order valence-electron chi connectivity index (χ2n) is 9.00. The summed E-state index contributed by atoms with van der Waals surface area (Å²) >= 11 is 0. The smallest absolute Gasteiger partial charge is 0.253 e. The number of hydrogen-bond acceptors (Lipinski definition) is 6. The molecule has 0 amide bonds. The summed E-state index contributed by atoms with van der Waals surface area (Å²) in [4.78, 5) is 2.97. The lowest BCUT2D eigenvalue weighted by molar-refractivity contribution is -0.0366. The molecule has 0 aliphatic carbocycles. The molecule has 2 aromatic carbocycles. The van der Waals surface area contributed by atoms with E-state index < -0.39 is 47.7 Å². The monoisotopic (exact) mass is 586 g/mol. The zero-order valence-electron chi connectivity index (χ0n) is 22.6. The largest absolute Gasteiger partial charge is 0.494 e. The van der Waals surface area contributed by atoms with Crippen molar-refractivity contribution in [3.8, 4) is 11.5 Å². The van der Waals surface area contributed by atoms with E-state index in [2.05, 4.69) is 11.1 Å². The number of nitrogens with one attached hydrogen (secondary N) is 1. The molecule has 1 atom stereocenters. The molecule has 6 nitrogen and oxygen atoms in total. The van der Waals surface area contributed by atoms with Crippen molar-refractivity contribution in [2.75, 3.05) is 57.7 Å². The van der Waals surface area contributed by atoms with E-state index in [-0.39, 0.29) is 61.8 Å². The molecule has 14 heteroatoms. The van der Waals surface area contributed by atoms with Crippen LogP contribution in [0.2, 0.25) is 0 Å². The van der Waals surface area contributed by atoms with Crippen molar-refractivity contribution in [2.24, 2.45) is 5.73 Å². The summed E-state index contributed by atoms with van der Waals surface area (Å²) in [7, 11) is 5.70. The molecule has 1 unspecified atom stereocenters. The molecule has 4 rings (SSSR count). The van der Waals surface area contributed by atoms with Gasteiger partial charge < -0.3 is 30.3 Å². The van der Waals surface area contributed by atoms with E-state index in [1.165, 1.54) is 32.2 Å². The molecule has 40 heavy (non-hydrogen) atoms. The Morgan fingerprint density at radius 2 is 1.35 bits per heavy atom. The minimum absolute atomic E-state index is 0.0241. The van der Waals surface area contributed by atoms with Gasteiger partial charge in [-0.1, -0.05) is 0 Å². The molecular weight excluding hydrogens is 552 g/mol. The first kappa shape index (κ1) is 33.2. The van der Waals surface area contributed by atoms with Crippen molar-refractivity contribution in [3.63, 3.8) is 0 Å². The topological polar surface area (TPSA) is 63.0 Å². The van der Waals surface area contributed by atoms with Gasteiger partial charge in [0.1, 0.15) is 17.2 Å². The Balaban J connectivity index is 0.000000265. The van der Waals surface area contributed by atoms with E-state index in [9.17, 15) is 35.1 Å². The van der Waals surface area contributed by atoms with Gasteiger partial charge in [-0.25, -0.2) is 35.1 Å². The number of nitrogens with zero attached hydrogens (tertiary/aromatic N) is 2. The lowest BCUT2D eigenvalue weighted by atomic mass is 10.0. The Morgan fingerprint density at radius 1 is 0.800 bits per heavy atom. The third kappa shape index (κ3) is 8.03. The Hall–Kier alpha value is -3.00. The summed E-state index contributed by atoms with van der Waals surface area (Å²) < 4.78 is 116. The number of nitrogens with two attached hydrogens (primary N) is 1. The molecule has 2 aromatic rings. The third-order valence-corrected chi connectivity index (χ3v) is 6.51. The van der Waals surface area contributed by atoms with Crippen molar-refractivity contribution in [1.82, 2.24) is 5.32 Å². The van der Waals surface area contributed by atoms with Gasteiger partial charge in [0.25, 0.3) is 11.8 Å². The normalized spacial score (nSPS) is 19.6. The van der Waals surface area contributed by atoms with Crippen LogP contribution in [0.4, 0.5) is 46.5 Å². The lowest BCUT2D eigenvalue weighted by Crippen LogP contribution is -2.53. The van der Waals surface area contributed by atoms with Gasteiger partial charge in [-0.3, -0.25) is 0 Å². The van der Waals surface area contributed by atoms with E-state index in [0.717, 1.165) is 18.2 Å². The molecular formula is C26H34F8N4O2. The van der Waals surface area contributed by atoms with Crippen LogP contribution >= 0.6 is 0 Å². The zero-order valence-corrected chi connectivity index (χ0v) is 22.6. The van der Waals surface area contributed by atoms with Crippen LogP contribution in [0.1, 0.15) is 25.7 Å². The van der Waals surface area contributed by atoms with Gasteiger partial charge in [-0.15, -0.1) is 0 Å². The number of hydrogen-bond donors (Lipinski definition) is 2. The minimum Gasteiger partial charge on any atom is -0.494 e. The molecule has 2 aliphatic rings. The van der Waals surface area contributed by atoms with Gasteiger partial charge in [0.15, 0.2) is 23.3 Å². The van der Waals surface area contributed by atoms with Crippen molar-refractivity contribution in [3.05, 3.63) is 47.5 Å². The number of piperidine rings is 2. The Kier molecular flexibility index (Phi) is 11.7. The molecule has 2 saturated heterocycles. The van der Waals surface area contributed by atoms with Crippen LogP contribution in [0.3, 0.4) is 0 Å². The van der Waals surface area contributed by atoms with Crippen LogP contribution in [0.15, 0.2) is 24.3 Å². The van der Waals surface area contributed by atoms with Gasteiger partial charge in [0.05, 0.1) is 26.1 Å². The van der Waals surface area contributed by atoms with Crippen molar-refractivity contribution in [2.45, 2.75) is 43.7 Å². The van der Waals surface area contributed by atoms with E-state index >= 15 is 0 Å². The summed E-state index contributed by atoms with van der Waals surface area (Å²) in [6.07, 6.45) is -2.14. The SMILES string of the molecule is CN.CNC1CC(F)(F)CCN1c1cc(F)c(F)cc1OC.COc1ccc(F)c(F)c1N1CCC(F)(F)CC1. The van der Waals surface area contributed by atoms with E-state index in [1.54, 1.807) is 11.9 Å². The van der Waals surface area contributed by atoms with Gasteiger partial charge in [0.2, 0.25) is 0 Å². The predicted molar refractivity (Wildman–Crippen MR) is 137 cm³/mol. The summed E-state index contributed by atoms with van der Waals surface area (Å²) in [5.41, 5.74) is 4.69. The van der Waals surface area contributed by atoms with Crippen molar-refractivity contribution >= 4 is 11.4 Å². The van der Waals surface area contributed by atoms with Crippen LogP contribution in [0, 0.1) is 23.3 Å². The fourth-order valence-electron chi connectivity index (χ4n) is 4.43. The third-order valence-electron chi connectivity index (χ3n) is 6.51. The number of benzene rings is 2. The van der Waals surface area contributed by atoms with Crippen molar-refractivity contribution in [1.29, 1.82) is 0 Å². The van der Waals surface area contributed by atoms with Gasteiger partial charge >= 0.3 is 0 Å². The van der Waals surface area contributed by atoms with Crippen LogP contribution in [0.5, 0.6) is 11.5 Å². The average Bonchev–Trinajstić information content (AvgIpc) is 2.93. The second-order valence-corrected chi connectivity index (χ2v) is 9.00. The maximum Gasteiger partial charge on any atom is 0.253 e. The van der Waals surface area contributed by atoms with Crippen molar-refractivity contribution < 1.29 is 44.6 Å². The number of ether oxygens (including phenoxy) is 2. The number of anilines is 2. The molecule has 3 N–H and O–H groups in total. The Bertz CT molecular complexity index is 1110. The number of halogens is 8. The standard InChI is InChI=1S/C13H16F4N2O.C12H13F4NO.CH5N/c1-18-12-7-13(16,17)3-4-19(12)10-5-8(14)9(15)6-11(10)20-2;1-18-9-3-2-8(13)10(14)11(9)17-6-4-12(15,16)5-7-17;1-2/h5-6,12,18H,3-4,7H2,1-2H3;2-3H,4-7H2,1H3;2H2,1H3. The highest BCUT2D eigenvalue weighted by atomic mass is 19.3. The molecule has 0 bridgehead atoms. The van der Waals surface area contributed by atoms with E-state index in [0.29, 0.717) is 0 Å². The quantitative estimate of drug-likeness (QED) is 0.449. The van der Waals surface area contributed by atoms with Crippen LogP contribution in [-0.4, -0.2) is 66.0 Å². The first-order chi connectivity index (χ1) is 18.8. The molecule has 0 aromatic heterocycles. The zero-order chi connectivity index (χ0) is 30.3. The number of alkyl halides is 4. The van der Waals surface area contributed by atoms with Gasteiger partial charge in [-0.05, 0) is 26.2 Å². The van der Waals surface area contributed by atoms with Gasteiger partial charge in [-0.2, -0.15) is 0 Å². The molecule has 2 fully saturated rings. The van der Waals surface area contributed by atoms with E-state index in [1.807, 2.05) is 0 Å². The van der Waals surface area contributed by atoms with Crippen LogP contribution < -0.4 is 30.3 Å². The minimum atomic E-state index is -2.77. The van der Waals surface area contributed by atoms with E-state index in [4.69, 9.17) is 9.47 Å². The van der Waals surface area contributed by atoms with Crippen LogP contribution in [0.25, 0.3) is 0 Å². The lowest BCUT2D eigenvalue weighted by Gasteiger charge is -2.41. The Morgan fingerprint density at radius 3 is 1.90 bits per heavy atom. The molecule has 2 aliphatic heterocycles. The first-order valence-electron chi connectivity index (χ1n) is 12.4. The van der Waals surface area contributed by atoms with Crippen LogP contribution in [-0.2, 0) is 0 Å². The maximum absolute atomic E-state index is 13.7. The summed E-state index contributed by atoms with van der Waals surface area (Å²) in [5.74, 6) is -9.36. The highest BCUT2D eigenvalue weighted by molar-refractivity contribution is 5.61. The number of rotatable bonds is 5. The molecule has 0 saturated carbocycles.